The van der Waals surface area contributed by atoms with E-state index in [0.29, 0.717) is 12.3 Å². The molecular formula is C19H25N3O3. The summed E-state index contributed by atoms with van der Waals surface area (Å²) in [4.78, 5) is 31.8. The summed E-state index contributed by atoms with van der Waals surface area (Å²) in [5.74, 6) is 0.0382. The van der Waals surface area contributed by atoms with E-state index in [1.165, 1.54) is 12.8 Å². The lowest BCUT2D eigenvalue weighted by Gasteiger charge is -2.49. The predicted molar refractivity (Wildman–Crippen MR) is 93.6 cm³/mol. The number of carboxylic acids is 1. The zero-order chi connectivity index (χ0) is 17.4. The highest BCUT2D eigenvalue weighted by Gasteiger charge is 2.43. The van der Waals surface area contributed by atoms with Crippen LogP contribution in [0.3, 0.4) is 0 Å². The van der Waals surface area contributed by atoms with Crippen LogP contribution < -0.4 is 4.90 Å². The Kier molecular flexibility index (Phi) is 4.13. The zero-order valence-electron chi connectivity index (χ0n) is 14.5. The number of aromatic carboxylic acids is 1. The van der Waals surface area contributed by atoms with Crippen LogP contribution in [0.15, 0.2) is 18.3 Å². The highest BCUT2D eigenvalue weighted by atomic mass is 16.4. The first-order chi connectivity index (χ1) is 12.0. The van der Waals surface area contributed by atoms with Crippen molar-refractivity contribution < 1.29 is 14.7 Å². The molecule has 1 spiro atoms. The smallest absolute Gasteiger partial charge is 0.354 e. The zero-order valence-corrected chi connectivity index (χ0v) is 14.5. The van der Waals surface area contributed by atoms with Crippen molar-refractivity contribution >= 4 is 17.6 Å². The standard InChI is InChI=1S/C19H25N3O3/c23-17-4-7-19(13-22(17)11-14-2-3-14)6-1-9-21(12-19)15-5-8-20-16(10-15)18(24)25/h5,8,10,14H,1-4,6-7,9,11-13H2,(H,24,25)/t19-/m0/s1. The number of aromatic nitrogens is 1. The van der Waals surface area contributed by atoms with Crippen LogP contribution in [0.4, 0.5) is 5.69 Å². The number of pyridine rings is 1. The number of amides is 1. The largest absolute Gasteiger partial charge is 0.477 e. The molecule has 1 N–H and O–H groups in total. The fourth-order valence-corrected chi connectivity index (χ4v) is 4.38. The molecule has 1 saturated carbocycles. The van der Waals surface area contributed by atoms with E-state index in [4.69, 9.17) is 0 Å². The Hall–Kier alpha value is -2.11. The van der Waals surface area contributed by atoms with Gasteiger partial charge in [-0.05, 0) is 50.2 Å². The summed E-state index contributed by atoms with van der Waals surface area (Å²) in [6.07, 6.45) is 7.92. The molecule has 1 atom stereocenters. The summed E-state index contributed by atoms with van der Waals surface area (Å²) in [5.41, 5.74) is 1.16. The van der Waals surface area contributed by atoms with Crippen molar-refractivity contribution in [1.29, 1.82) is 0 Å². The van der Waals surface area contributed by atoms with E-state index in [1.54, 1.807) is 12.3 Å². The van der Waals surface area contributed by atoms with Crippen molar-refractivity contribution in [2.75, 3.05) is 31.1 Å². The van der Waals surface area contributed by atoms with Gasteiger partial charge in [0, 0.05) is 49.9 Å². The average molecular weight is 343 g/mol. The third kappa shape index (κ3) is 3.48. The molecule has 0 radical (unpaired) electrons. The van der Waals surface area contributed by atoms with Gasteiger partial charge in [0.15, 0.2) is 0 Å². The molecule has 25 heavy (non-hydrogen) atoms. The van der Waals surface area contributed by atoms with E-state index in [1.807, 2.05) is 6.07 Å². The molecule has 3 aliphatic rings. The second-order valence-electron chi connectivity index (χ2n) is 7.95. The molecule has 1 aromatic rings. The summed E-state index contributed by atoms with van der Waals surface area (Å²) >= 11 is 0. The van der Waals surface area contributed by atoms with E-state index in [9.17, 15) is 14.7 Å². The van der Waals surface area contributed by atoms with Crippen LogP contribution in [0.1, 0.15) is 49.0 Å². The maximum atomic E-state index is 12.3. The van der Waals surface area contributed by atoms with Gasteiger partial charge in [0.2, 0.25) is 5.91 Å². The van der Waals surface area contributed by atoms with Gasteiger partial charge >= 0.3 is 5.97 Å². The van der Waals surface area contributed by atoms with Crippen LogP contribution in [0.25, 0.3) is 0 Å². The SMILES string of the molecule is O=C(O)c1cc(N2CCC[C@]3(CCC(=O)N(CC4CC4)C3)C2)ccn1. The minimum atomic E-state index is -0.993. The van der Waals surface area contributed by atoms with E-state index in [0.717, 1.165) is 57.0 Å². The van der Waals surface area contributed by atoms with Crippen molar-refractivity contribution in [1.82, 2.24) is 9.88 Å². The third-order valence-corrected chi connectivity index (χ3v) is 5.91. The monoisotopic (exact) mass is 343 g/mol. The number of carbonyl (C=O) groups excluding carboxylic acids is 1. The lowest BCUT2D eigenvalue weighted by Crippen LogP contribution is -2.54. The summed E-state index contributed by atoms with van der Waals surface area (Å²) in [6, 6.07) is 3.55. The molecule has 0 aromatic carbocycles. The fraction of sp³-hybridized carbons (Fsp3) is 0.632. The molecule has 2 aliphatic heterocycles. The number of hydrogen-bond acceptors (Lipinski definition) is 4. The molecule has 3 fully saturated rings. The van der Waals surface area contributed by atoms with Gasteiger partial charge in [-0.15, -0.1) is 0 Å². The molecule has 1 aliphatic carbocycles. The number of likely N-dealkylation sites (tertiary alicyclic amines) is 1. The molecule has 1 amide bonds. The van der Waals surface area contributed by atoms with Crippen LogP contribution in [0.2, 0.25) is 0 Å². The first kappa shape index (κ1) is 16.4. The number of carbonyl (C=O) groups is 2. The highest BCUT2D eigenvalue weighted by molar-refractivity contribution is 5.86. The van der Waals surface area contributed by atoms with E-state index < -0.39 is 5.97 Å². The second-order valence-corrected chi connectivity index (χ2v) is 7.95. The number of anilines is 1. The number of nitrogens with zero attached hydrogens (tertiary/aromatic N) is 3. The van der Waals surface area contributed by atoms with Crippen molar-refractivity contribution in [3.63, 3.8) is 0 Å². The van der Waals surface area contributed by atoms with Crippen LogP contribution in [0, 0.1) is 11.3 Å². The number of piperidine rings is 2. The van der Waals surface area contributed by atoms with Crippen molar-refractivity contribution in [3.05, 3.63) is 24.0 Å². The molecule has 134 valence electrons. The summed E-state index contributed by atoms with van der Waals surface area (Å²) in [7, 11) is 0. The van der Waals surface area contributed by atoms with Crippen LogP contribution in [-0.4, -0.2) is 53.0 Å². The van der Waals surface area contributed by atoms with Crippen LogP contribution >= 0.6 is 0 Å². The highest BCUT2D eigenvalue weighted by Crippen LogP contribution is 2.41. The predicted octanol–water partition coefficient (Wildman–Crippen LogP) is 2.40. The van der Waals surface area contributed by atoms with Gasteiger partial charge in [-0.1, -0.05) is 0 Å². The maximum Gasteiger partial charge on any atom is 0.354 e. The Balaban J connectivity index is 1.50. The van der Waals surface area contributed by atoms with Gasteiger partial charge in [0.25, 0.3) is 0 Å². The summed E-state index contributed by atoms with van der Waals surface area (Å²) in [5, 5.41) is 9.18. The van der Waals surface area contributed by atoms with Gasteiger partial charge in [-0.25, -0.2) is 9.78 Å². The molecule has 6 nitrogen and oxygen atoms in total. The Morgan fingerprint density at radius 3 is 2.92 bits per heavy atom. The topological polar surface area (TPSA) is 73.7 Å². The lowest BCUT2D eigenvalue weighted by atomic mass is 9.73. The molecule has 3 heterocycles. The van der Waals surface area contributed by atoms with Crippen LogP contribution in [0.5, 0.6) is 0 Å². The minimum Gasteiger partial charge on any atom is -0.477 e. The van der Waals surface area contributed by atoms with Gasteiger partial charge < -0.3 is 14.9 Å². The lowest BCUT2D eigenvalue weighted by molar-refractivity contribution is -0.138. The molecule has 0 bridgehead atoms. The summed E-state index contributed by atoms with van der Waals surface area (Å²) in [6.45, 7) is 3.61. The molecular weight excluding hydrogens is 318 g/mol. The van der Waals surface area contributed by atoms with E-state index in [2.05, 4.69) is 14.8 Å². The van der Waals surface area contributed by atoms with Crippen molar-refractivity contribution in [2.24, 2.45) is 11.3 Å². The van der Waals surface area contributed by atoms with E-state index in [-0.39, 0.29) is 11.1 Å². The van der Waals surface area contributed by atoms with Gasteiger partial charge in [-0.3, -0.25) is 4.79 Å². The van der Waals surface area contributed by atoms with Crippen molar-refractivity contribution in [2.45, 2.75) is 38.5 Å². The fourth-order valence-electron chi connectivity index (χ4n) is 4.38. The quantitative estimate of drug-likeness (QED) is 0.909. The number of hydrogen-bond donors (Lipinski definition) is 1. The molecule has 4 rings (SSSR count). The number of rotatable bonds is 4. The molecule has 2 saturated heterocycles. The Bertz CT molecular complexity index is 688. The van der Waals surface area contributed by atoms with Gasteiger partial charge in [0.05, 0.1) is 0 Å². The second kappa shape index (κ2) is 6.32. The maximum absolute atomic E-state index is 12.3. The minimum absolute atomic E-state index is 0.0892. The van der Waals surface area contributed by atoms with E-state index >= 15 is 0 Å². The Morgan fingerprint density at radius 2 is 2.16 bits per heavy atom. The third-order valence-electron chi connectivity index (χ3n) is 5.91. The first-order valence-corrected chi connectivity index (χ1v) is 9.27. The summed E-state index contributed by atoms with van der Waals surface area (Å²) < 4.78 is 0. The molecule has 0 unspecified atom stereocenters. The normalized spacial score (nSPS) is 27.0. The van der Waals surface area contributed by atoms with Crippen molar-refractivity contribution in [3.8, 4) is 0 Å². The van der Waals surface area contributed by atoms with Crippen LogP contribution in [-0.2, 0) is 4.79 Å². The van der Waals surface area contributed by atoms with Gasteiger partial charge in [-0.2, -0.15) is 0 Å². The molecule has 1 aromatic heterocycles. The Labute approximate surface area is 147 Å². The molecule has 6 heteroatoms. The first-order valence-electron chi connectivity index (χ1n) is 9.27. The number of carboxylic acid groups (broad SMARTS) is 1. The Morgan fingerprint density at radius 1 is 1.32 bits per heavy atom. The van der Waals surface area contributed by atoms with Gasteiger partial charge in [0.1, 0.15) is 5.69 Å². The average Bonchev–Trinajstić information content (AvgIpc) is 3.43.